The van der Waals surface area contributed by atoms with E-state index in [9.17, 15) is 0 Å². The quantitative estimate of drug-likeness (QED) is 0.602. The molecule has 0 atom stereocenters. The molecule has 0 unspecified atom stereocenters. The maximum atomic E-state index is 8.74. The fourth-order valence-corrected chi connectivity index (χ4v) is 1.78. The highest BCUT2D eigenvalue weighted by Gasteiger charge is 1.94. The lowest BCUT2D eigenvalue weighted by atomic mass is 10.1. The number of hydrogen-bond acceptors (Lipinski definition) is 3. The summed E-state index contributed by atoms with van der Waals surface area (Å²) in [4.78, 5) is 0. The van der Waals surface area contributed by atoms with Gasteiger partial charge in [-0.1, -0.05) is 30.3 Å². The molecule has 0 amide bonds. The fraction of sp³-hybridized carbons (Fsp3) is 0.250. The smallest absolute Gasteiger partial charge is 0.0857 e. The Bertz CT molecular complexity index is 506. The largest absolute Gasteiger partial charge is 0.396 e. The van der Waals surface area contributed by atoms with Gasteiger partial charge >= 0.3 is 0 Å². The number of unbranched alkanes of at least 4 members (excludes halogenated alkanes) is 1. The number of benzene rings is 2. The molecule has 0 spiro atoms. The topological polar surface area (TPSA) is 45.0 Å². The predicted molar refractivity (Wildman–Crippen MR) is 77.1 cm³/mol. The molecule has 2 rings (SSSR count). The second-order valence-corrected chi connectivity index (χ2v) is 4.38. The van der Waals surface area contributed by atoms with Crippen LogP contribution < -0.4 is 0 Å². The lowest BCUT2D eigenvalue weighted by Crippen LogP contribution is -1.87. The molecule has 0 aromatic heterocycles. The Morgan fingerprint density at radius 2 is 1.37 bits per heavy atom. The van der Waals surface area contributed by atoms with Crippen molar-refractivity contribution in [1.29, 1.82) is 0 Å². The van der Waals surface area contributed by atoms with Crippen LogP contribution in [0.1, 0.15) is 18.4 Å². The second kappa shape index (κ2) is 7.44. The Hall–Kier alpha value is -2.00. The van der Waals surface area contributed by atoms with Crippen molar-refractivity contribution in [1.82, 2.24) is 0 Å². The summed E-state index contributed by atoms with van der Waals surface area (Å²) in [5.41, 5.74) is 2.98. The molecular formula is C16H18N2O. The summed E-state index contributed by atoms with van der Waals surface area (Å²) < 4.78 is 0. The molecule has 98 valence electrons. The first-order chi connectivity index (χ1) is 9.38. The summed E-state index contributed by atoms with van der Waals surface area (Å²) in [6, 6.07) is 17.8. The minimum atomic E-state index is 0.267. The Kier molecular flexibility index (Phi) is 5.26. The Morgan fingerprint density at radius 1 is 0.737 bits per heavy atom. The van der Waals surface area contributed by atoms with E-state index in [1.165, 1.54) is 5.56 Å². The van der Waals surface area contributed by atoms with Crippen molar-refractivity contribution in [3.63, 3.8) is 0 Å². The van der Waals surface area contributed by atoms with Crippen molar-refractivity contribution < 1.29 is 5.11 Å². The summed E-state index contributed by atoms with van der Waals surface area (Å²) in [6.07, 6.45) is 2.87. The van der Waals surface area contributed by atoms with Crippen LogP contribution in [-0.2, 0) is 6.42 Å². The molecule has 1 N–H and O–H groups in total. The standard InChI is InChI=1S/C16H18N2O/c19-13-5-4-6-14-9-11-16(12-10-14)18-17-15-7-2-1-3-8-15/h1-3,7-12,19H,4-6,13H2. The molecule has 0 heterocycles. The average molecular weight is 254 g/mol. The van der Waals surface area contributed by atoms with Gasteiger partial charge in [0, 0.05) is 6.61 Å². The molecule has 0 bridgehead atoms. The SMILES string of the molecule is OCCCCc1ccc(N=Nc2ccccc2)cc1. The highest BCUT2D eigenvalue weighted by molar-refractivity contribution is 5.40. The molecule has 3 heteroatoms. The summed E-state index contributed by atoms with van der Waals surface area (Å²) in [6.45, 7) is 0.267. The lowest BCUT2D eigenvalue weighted by Gasteiger charge is -2.00. The monoisotopic (exact) mass is 254 g/mol. The molecule has 0 aliphatic rings. The lowest BCUT2D eigenvalue weighted by molar-refractivity contribution is 0.284. The van der Waals surface area contributed by atoms with E-state index in [0.717, 1.165) is 30.6 Å². The van der Waals surface area contributed by atoms with Gasteiger partial charge in [-0.2, -0.15) is 10.2 Å². The maximum absolute atomic E-state index is 8.74. The molecule has 0 fully saturated rings. The molecule has 0 saturated carbocycles. The number of rotatable bonds is 6. The second-order valence-electron chi connectivity index (χ2n) is 4.38. The Labute approximate surface area is 113 Å². The van der Waals surface area contributed by atoms with Gasteiger partial charge in [0.05, 0.1) is 11.4 Å². The average Bonchev–Trinajstić information content (AvgIpc) is 2.48. The molecule has 2 aromatic carbocycles. The molecule has 0 aliphatic carbocycles. The number of aliphatic hydroxyl groups is 1. The van der Waals surface area contributed by atoms with Crippen LogP contribution in [0.3, 0.4) is 0 Å². The predicted octanol–water partition coefficient (Wildman–Crippen LogP) is 4.42. The number of azo groups is 1. The van der Waals surface area contributed by atoms with Crippen LogP contribution in [0.4, 0.5) is 11.4 Å². The van der Waals surface area contributed by atoms with Crippen LogP contribution in [0.15, 0.2) is 64.8 Å². The van der Waals surface area contributed by atoms with Crippen LogP contribution in [-0.4, -0.2) is 11.7 Å². The van der Waals surface area contributed by atoms with Crippen molar-refractivity contribution in [2.45, 2.75) is 19.3 Å². The maximum Gasteiger partial charge on any atom is 0.0857 e. The van der Waals surface area contributed by atoms with Crippen LogP contribution >= 0.6 is 0 Å². The van der Waals surface area contributed by atoms with Gasteiger partial charge in [-0.25, -0.2) is 0 Å². The third-order valence-electron chi connectivity index (χ3n) is 2.85. The van der Waals surface area contributed by atoms with Crippen LogP contribution in [0.2, 0.25) is 0 Å². The first kappa shape index (κ1) is 13.4. The summed E-state index contributed by atoms with van der Waals surface area (Å²) in [7, 11) is 0. The first-order valence-electron chi connectivity index (χ1n) is 6.55. The third kappa shape index (κ3) is 4.64. The van der Waals surface area contributed by atoms with Gasteiger partial charge in [-0.05, 0) is 49.1 Å². The number of aliphatic hydroxyl groups excluding tert-OH is 1. The van der Waals surface area contributed by atoms with E-state index in [4.69, 9.17) is 5.11 Å². The zero-order valence-electron chi connectivity index (χ0n) is 10.9. The molecule has 0 radical (unpaired) electrons. The van der Waals surface area contributed by atoms with E-state index in [1.54, 1.807) is 0 Å². The van der Waals surface area contributed by atoms with Crippen molar-refractivity contribution in [2.75, 3.05) is 6.61 Å². The van der Waals surface area contributed by atoms with Crippen LogP contribution in [0.5, 0.6) is 0 Å². The first-order valence-corrected chi connectivity index (χ1v) is 6.55. The number of aryl methyl sites for hydroxylation is 1. The fourth-order valence-electron chi connectivity index (χ4n) is 1.78. The zero-order valence-corrected chi connectivity index (χ0v) is 10.9. The Balaban J connectivity index is 1.93. The van der Waals surface area contributed by atoms with Crippen molar-refractivity contribution >= 4 is 11.4 Å². The van der Waals surface area contributed by atoms with Gasteiger partial charge in [-0.15, -0.1) is 0 Å². The van der Waals surface area contributed by atoms with E-state index in [2.05, 4.69) is 22.4 Å². The van der Waals surface area contributed by atoms with Gasteiger partial charge in [0.15, 0.2) is 0 Å². The third-order valence-corrected chi connectivity index (χ3v) is 2.85. The molecule has 3 nitrogen and oxygen atoms in total. The van der Waals surface area contributed by atoms with Gasteiger partial charge in [-0.3, -0.25) is 0 Å². The van der Waals surface area contributed by atoms with Crippen molar-refractivity contribution in [3.05, 3.63) is 60.2 Å². The van der Waals surface area contributed by atoms with Crippen molar-refractivity contribution in [2.24, 2.45) is 10.2 Å². The van der Waals surface area contributed by atoms with E-state index in [-0.39, 0.29) is 6.61 Å². The molecule has 19 heavy (non-hydrogen) atoms. The Morgan fingerprint density at radius 3 is 2.00 bits per heavy atom. The molecular weight excluding hydrogens is 236 g/mol. The molecule has 0 saturated heterocycles. The zero-order chi connectivity index (χ0) is 13.3. The van der Waals surface area contributed by atoms with Crippen LogP contribution in [0, 0.1) is 0 Å². The van der Waals surface area contributed by atoms with Gasteiger partial charge in [0.25, 0.3) is 0 Å². The van der Waals surface area contributed by atoms with E-state index < -0.39 is 0 Å². The number of nitrogens with zero attached hydrogens (tertiary/aromatic N) is 2. The minimum absolute atomic E-state index is 0.267. The summed E-state index contributed by atoms with van der Waals surface area (Å²) in [5.74, 6) is 0. The van der Waals surface area contributed by atoms with E-state index in [0.29, 0.717) is 0 Å². The van der Waals surface area contributed by atoms with Gasteiger partial charge < -0.3 is 5.11 Å². The van der Waals surface area contributed by atoms with Crippen LogP contribution in [0.25, 0.3) is 0 Å². The molecule has 0 aliphatic heterocycles. The molecule has 2 aromatic rings. The van der Waals surface area contributed by atoms with E-state index in [1.807, 2.05) is 42.5 Å². The summed E-state index contributed by atoms with van der Waals surface area (Å²) in [5, 5.41) is 17.1. The van der Waals surface area contributed by atoms with E-state index >= 15 is 0 Å². The van der Waals surface area contributed by atoms with Gasteiger partial charge in [0.1, 0.15) is 0 Å². The van der Waals surface area contributed by atoms with Crippen molar-refractivity contribution in [3.8, 4) is 0 Å². The highest BCUT2D eigenvalue weighted by atomic mass is 16.2. The normalized spacial score (nSPS) is 11.0. The van der Waals surface area contributed by atoms with Gasteiger partial charge in [0.2, 0.25) is 0 Å². The minimum Gasteiger partial charge on any atom is -0.396 e. The highest BCUT2D eigenvalue weighted by Crippen LogP contribution is 2.18. The number of hydrogen-bond donors (Lipinski definition) is 1. The summed E-state index contributed by atoms with van der Waals surface area (Å²) >= 11 is 0.